The molecule has 0 aliphatic carbocycles. The molecule has 0 unspecified atom stereocenters. The quantitative estimate of drug-likeness (QED) is 0.367. The van der Waals surface area contributed by atoms with Gasteiger partial charge in [0.05, 0.1) is 21.2 Å². The Kier molecular flexibility index (Phi) is 7.36. The Morgan fingerprint density at radius 1 is 1.00 bits per heavy atom. The predicted molar refractivity (Wildman–Crippen MR) is 125 cm³/mol. The molecule has 0 radical (unpaired) electrons. The van der Waals surface area contributed by atoms with Gasteiger partial charge in [0, 0.05) is 9.26 Å². The van der Waals surface area contributed by atoms with Crippen LogP contribution >= 0.6 is 34.2 Å². The molecule has 32 heavy (non-hydrogen) atoms. The van der Waals surface area contributed by atoms with Crippen molar-refractivity contribution in [2.45, 2.75) is 11.1 Å². The molecule has 0 atom stereocenters. The molecule has 0 heterocycles. The van der Waals surface area contributed by atoms with Crippen LogP contribution in [0.3, 0.4) is 0 Å². The summed E-state index contributed by atoms with van der Waals surface area (Å²) < 4.78 is 67.4. The average molecular weight is 595 g/mol. The van der Waals surface area contributed by atoms with Gasteiger partial charge in [-0.05, 0) is 77.2 Å². The lowest BCUT2D eigenvalue weighted by molar-refractivity contribution is -0.137. The third kappa shape index (κ3) is 5.73. The lowest BCUT2D eigenvalue weighted by Gasteiger charge is -2.24. The number of anilines is 2. The highest BCUT2D eigenvalue weighted by Gasteiger charge is 2.33. The van der Waals surface area contributed by atoms with Crippen LogP contribution in [0.15, 0.2) is 77.7 Å². The highest BCUT2D eigenvalue weighted by molar-refractivity contribution is 14.1. The molecule has 0 saturated carbocycles. The number of carbonyl (C=O) groups excluding carboxylic acids is 1. The summed E-state index contributed by atoms with van der Waals surface area (Å²) in [7, 11) is -4.12. The molecular formula is C21H15ClF3IN2O3S. The summed E-state index contributed by atoms with van der Waals surface area (Å²) in [6, 6.07) is 16.9. The molecule has 0 aliphatic heterocycles. The van der Waals surface area contributed by atoms with Crippen molar-refractivity contribution in [3.8, 4) is 0 Å². The van der Waals surface area contributed by atoms with Gasteiger partial charge in [-0.1, -0.05) is 29.8 Å². The minimum absolute atomic E-state index is 0.0304. The zero-order chi connectivity index (χ0) is 23.5. The lowest BCUT2D eigenvalue weighted by Crippen LogP contribution is -2.38. The summed E-state index contributed by atoms with van der Waals surface area (Å²) in [6.45, 7) is -0.651. The van der Waals surface area contributed by atoms with Crippen LogP contribution in [0.1, 0.15) is 5.56 Å². The van der Waals surface area contributed by atoms with Gasteiger partial charge in [-0.3, -0.25) is 9.10 Å². The minimum Gasteiger partial charge on any atom is -0.324 e. The zero-order valence-corrected chi connectivity index (χ0v) is 19.8. The monoisotopic (exact) mass is 594 g/mol. The van der Waals surface area contributed by atoms with Gasteiger partial charge in [0.25, 0.3) is 10.0 Å². The van der Waals surface area contributed by atoms with Crippen LogP contribution in [-0.4, -0.2) is 20.9 Å². The fourth-order valence-electron chi connectivity index (χ4n) is 2.79. The Morgan fingerprint density at radius 2 is 1.62 bits per heavy atom. The SMILES string of the molecule is O=C(CN(c1ccc(I)cc1)S(=O)(=O)c1ccccc1)Nc1ccc(Cl)c(C(F)(F)F)c1. The van der Waals surface area contributed by atoms with Crippen LogP contribution in [0.2, 0.25) is 5.02 Å². The molecule has 1 N–H and O–H groups in total. The summed E-state index contributed by atoms with van der Waals surface area (Å²) in [5.41, 5.74) is -1.04. The van der Waals surface area contributed by atoms with E-state index in [0.717, 1.165) is 13.9 Å². The molecule has 0 spiro atoms. The highest BCUT2D eigenvalue weighted by Crippen LogP contribution is 2.36. The molecule has 3 rings (SSSR count). The van der Waals surface area contributed by atoms with Gasteiger partial charge in [0.1, 0.15) is 6.54 Å². The van der Waals surface area contributed by atoms with Gasteiger partial charge in [0.2, 0.25) is 5.91 Å². The zero-order valence-electron chi connectivity index (χ0n) is 16.1. The van der Waals surface area contributed by atoms with Gasteiger partial charge in [-0.25, -0.2) is 8.42 Å². The maximum absolute atomic E-state index is 13.2. The molecule has 0 aliphatic rings. The second-order valence-electron chi connectivity index (χ2n) is 6.54. The Bertz CT molecular complexity index is 1220. The van der Waals surface area contributed by atoms with Crippen LogP contribution in [0.25, 0.3) is 0 Å². The Morgan fingerprint density at radius 3 is 2.22 bits per heavy atom. The van der Waals surface area contributed by atoms with E-state index in [1.165, 1.54) is 18.2 Å². The van der Waals surface area contributed by atoms with Crippen molar-refractivity contribution in [2.24, 2.45) is 0 Å². The number of alkyl halides is 3. The number of hydrogen-bond donors (Lipinski definition) is 1. The van der Waals surface area contributed by atoms with Crippen molar-refractivity contribution in [3.63, 3.8) is 0 Å². The number of nitrogens with one attached hydrogen (secondary N) is 1. The first kappa shape index (κ1) is 24.3. The first-order chi connectivity index (χ1) is 15.0. The second kappa shape index (κ2) is 9.67. The predicted octanol–water partition coefficient (Wildman–Crippen LogP) is 5.80. The Hall–Kier alpha value is -2.31. The number of hydrogen-bond acceptors (Lipinski definition) is 3. The van der Waals surface area contributed by atoms with Crippen LogP contribution in [0.5, 0.6) is 0 Å². The molecule has 1 amide bonds. The number of sulfonamides is 1. The normalized spacial score (nSPS) is 11.8. The summed E-state index contributed by atoms with van der Waals surface area (Å²) in [5, 5.41) is 1.80. The number of halogens is 5. The van der Waals surface area contributed by atoms with E-state index < -0.39 is 39.2 Å². The molecule has 11 heteroatoms. The van der Waals surface area contributed by atoms with Crippen molar-refractivity contribution < 1.29 is 26.4 Å². The standard InChI is InChI=1S/C21H15ClF3IN2O3S/c22-19-11-8-15(12-18(19)21(23,24)25)27-20(29)13-28(16-9-6-14(26)7-10-16)32(30,31)17-4-2-1-3-5-17/h1-12H,13H2,(H,27,29). The van der Waals surface area contributed by atoms with Gasteiger partial charge in [-0.2, -0.15) is 13.2 Å². The third-order valence-electron chi connectivity index (χ3n) is 4.29. The number of benzene rings is 3. The van der Waals surface area contributed by atoms with E-state index in [4.69, 9.17) is 11.6 Å². The molecule has 3 aromatic carbocycles. The van der Waals surface area contributed by atoms with Crippen molar-refractivity contribution in [3.05, 3.63) is 87.0 Å². The van der Waals surface area contributed by atoms with Crippen LogP contribution in [-0.2, 0) is 21.0 Å². The first-order valence-corrected chi connectivity index (χ1v) is 11.9. The van der Waals surface area contributed by atoms with Crippen LogP contribution in [0, 0.1) is 3.57 Å². The largest absolute Gasteiger partial charge is 0.417 e. The van der Waals surface area contributed by atoms with Crippen LogP contribution in [0.4, 0.5) is 24.5 Å². The molecule has 3 aromatic rings. The Labute approximate surface area is 201 Å². The minimum atomic E-state index is -4.71. The van der Waals surface area contributed by atoms with Crippen molar-refractivity contribution >= 4 is 61.5 Å². The van der Waals surface area contributed by atoms with Gasteiger partial charge in [0.15, 0.2) is 0 Å². The van der Waals surface area contributed by atoms with Crippen molar-refractivity contribution in [1.29, 1.82) is 0 Å². The maximum atomic E-state index is 13.2. The van der Waals surface area contributed by atoms with E-state index in [2.05, 4.69) is 27.9 Å². The summed E-state index contributed by atoms with van der Waals surface area (Å²) >= 11 is 7.66. The fourth-order valence-corrected chi connectivity index (χ4v) is 4.82. The second-order valence-corrected chi connectivity index (χ2v) is 10.1. The first-order valence-electron chi connectivity index (χ1n) is 8.98. The molecule has 0 aromatic heterocycles. The summed E-state index contributed by atoms with van der Waals surface area (Å²) in [4.78, 5) is 12.6. The van der Waals surface area contributed by atoms with Crippen molar-refractivity contribution in [1.82, 2.24) is 0 Å². The lowest BCUT2D eigenvalue weighted by atomic mass is 10.2. The van der Waals surface area contributed by atoms with Gasteiger partial charge in [-0.15, -0.1) is 0 Å². The third-order valence-corrected chi connectivity index (χ3v) is 7.13. The van der Waals surface area contributed by atoms with Crippen molar-refractivity contribution in [2.75, 3.05) is 16.2 Å². The number of nitrogens with zero attached hydrogens (tertiary/aromatic N) is 1. The summed E-state index contributed by atoms with van der Waals surface area (Å²) in [5.74, 6) is -0.821. The molecule has 0 saturated heterocycles. The average Bonchev–Trinajstić information content (AvgIpc) is 2.74. The molecule has 0 bridgehead atoms. The van der Waals surface area contributed by atoms with Gasteiger partial charge >= 0.3 is 6.18 Å². The maximum Gasteiger partial charge on any atom is 0.417 e. The van der Waals surface area contributed by atoms with Crippen LogP contribution < -0.4 is 9.62 Å². The topological polar surface area (TPSA) is 66.5 Å². The van der Waals surface area contributed by atoms with E-state index in [0.29, 0.717) is 6.07 Å². The van der Waals surface area contributed by atoms with E-state index in [9.17, 15) is 26.4 Å². The van der Waals surface area contributed by atoms with E-state index in [-0.39, 0.29) is 16.3 Å². The number of carbonyl (C=O) groups is 1. The van der Waals surface area contributed by atoms with E-state index in [1.807, 2.05) is 0 Å². The van der Waals surface area contributed by atoms with E-state index in [1.54, 1.807) is 42.5 Å². The van der Waals surface area contributed by atoms with Gasteiger partial charge < -0.3 is 5.32 Å². The van der Waals surface area contributed by atoms with E-state index >= 15 is 0 Å². The smallest absolute Gasteiger partial charge is 0.324 e. The summed E-state index contributed by atoms with van der Waals surface area (Å²) in [6.07, 6.45) is -4.71. The number of rotatable bonds is 6. The Balaban J connectivity index is 1.92. The molecule has 168 valence electrons. The number of amides is 1. The fraction of sp³-hybridized carbons (Fsp3) is 0.0952. The highest BCUT2D eigenvalue weighted by atomic mass is 127. The molecule has 0 fully saturated rings. The molecular weight excluding hydrogens is 580 g/mol. The molecule has 5 nitrogen and oxygen atoms in total.